The summed E-state index contributed by atoms with van der Waals surface area (Å²) in [6, 6.07) is 20.6. The van der Waals surface area contributed by atoms with Crippen LogP contribution in [0.4, 0.5) is 0 Å². The van der Waals surface area contributed by atoms with Crippen LogP contribution in [-0.2, 0) is 11.3 Å². The zero-order chi connectivity index (χ0) is 20.9. The first kappa shape index (κ1) is 20.7. The van der Waals surface area contributed by atoms with Gasteiger partial charge in [-0.15, -0.1) is 10.2 Å². The zero-order valence-electron chi connectivity index (χ0n) is 17.5. The highest BCUT2D eigenvalue weighted by Crippen LogP contribution is 2.40. The summed E-state index contributed by atoms with van der Waals surface area (Å²) in [5.74, 6) is 1.86. The fourth-order valence-corrected chi connectivity index (χ4v) is 4.33. The molecule has 156 valence electrons. The van der Waals surface area contributed by atoms with Crippen molar-refractivity contribution < 1.29 is 4.79 Å². The Labute approximate surface area is 182 Å². The van der Waals surface area contributed by atoms with E-state index in [1.807, 2.05) is 43.3 Å². The van der Waals surface area contributed by atoms with E-state index < -0.39 is 0 Å². The smallest absolute Gasteiger partial charge is 0.233 e. The average Bonchev–Trinajstić information content (AvgIpc) is 3.56. The van der Waals surface area contributed by atoms with Gasteiger partial charge in [-0.1, -0.05) is 79.3 Å². The predicted molar refractivity (Wildman–Crippen MR) is 121 cm³/mol. The van der Waals surface area contributed by atoms with Crippen molar-refractivity contribution in [1.82, 2.24) is 20.1 Å². The van der Waals surface area contributed by atoms with Gasteiger partial charge < -0.3 is 9.88 Å². The van der Waals surface area contributed by atoms with Crippen molar-refractivity contribution >= 4 is 17.7 Å². The zero-order valence-corrected chi connectivity index (χ0v) is 18.3. The number of nitrogens with zero attached hydrogens (tertiary/aromatic N) is 3. The Hall–Kier alpha value is -2.60. The average molecular weight is 421 g/mol. The summed E-state index contributed by atoms with van der Waals surface area (Å²) in [5.41, 5.74) is 2.45. The van der Waals surface area contributed by atoms with Gasteiger partial charge in [0.2, 0.25) is 5.91 Å². The molecule has 1 aromatic heterocycles. The second-order valence-electron chi connectivity index (χ2n) is 8.00. The number of carbonyl (C=O) groups excluding carboxylic acids is 1. The molecule has 1 aliphatic rings. The van der Waals surface area contributed by atoms with Crippen molar-refractivity contribution in [1.29, 1.82) is 0 Å². The van der Waals surface area contributed by atoms with E-state index in [9.17, 15) is 4.79 Å². The second-order valence-corrected chi connectivity index (χ2v) is 9.31. The highest BCUT2D eigenvalue weighted by Gasteiger charge is 2.31. The molecule has 1 N–H and O–H groups in total. The van der Waals surface area contributed by atoms with Gasteiger partial charge in [0.05, 0.1) is 11.8 Å². The first-order chi connectivity index (χ1) is 14.6. The lowest BCUT2D eigenvalue weighted by atomic mass is 10.0. The van der Waals surface area contributed by atoms with Gasteiger partial charge in [0.25, 0.3) is 0 Å². The van der Waals surface area contributed by atoms with E-state index in [-0.39, 0.29) is 17.1 Å². The SMILES string of the molecule is CC(Sc1nnc(C2CC2)n1Cc1ccccc1)C(=O)NCC(C)c1ccccc1. The quantitative estimate of drug-likeness (QED) is 0.514. The molecule has 3 aromatic rings. The molecular formula is C24H28N4OS. The highest BCUT2D eigenvalue weighted by atomic mass is 32.2. The maximum Gasteiger partial charge on any atom is 0.233 e. The van der Waals surface area contributed by atoms with Crippen LogP contribution in [0.2, 0.25) is 0 Å². The molecule has 1 aliphatic carbocycles. The molecule has 0 aliphatic heterocycles. The van der Waals surface area contributed by atoms with E-state index in [4.69, 9.17) is 0 Å². The first-order valence-corrected chi connectivity index (χ1v) is 11.5. The fourth-order valence-electron chi connectivity index (χ4n) is 3.45. The minimum Gasteiger partial charge on any atom is -0.355 e. The highest BCUT2D eigenvalue weighted by molar-refractivity contribution is 8.00. The Bertz CT molecular complexity index is 969. The number of carbonyl (C=O) groups is 1. The molecule has 30 heavy (non-hydrogen) atoms. The molecule has 5 nitrogen and oxygen atoms in total. The maximum absolute atomic E-state index is 12.7. The third-order valence-electron chi connectivity index (χ3n) is 5.47. The Morgan fingerprint density at radius 3 is 2.40 bits per heavy atom. The van der Waals surface area contributed by atoms with E-state index in [1.165, 1.54) is 35.7 Å². The van der Waals surface area contributed by atoms with Crippen LogP contribution >= 0.6 is 11.8 Å². The summed E-state index contributed by atoms with van der Waals surface area (Å²) in [6.07, 6.45) is 2.34. The van der Waals surface area contributed by atoms with Crippen LogP contribution in [0.5, 0.6) is 0 Å². The van der Waals surface area contributed by atoms with Crippen LogP contribution in [0.3, 0.4) is 0 Å². The van der Waals surface area contributed by atoms with Gasteiger partial charge in [0, 0.05) is 12.5 Å². The molecule has 1 fully saturated rings. The van der Waals surface area contributed by atoms with Crippen LogP contribution in [0, 0.1) is 0 Å². The van der Waals surface area contributed by atoms with Gasteiger partial charge in [-0.2, -0.15) is 0 Å². The van der Waals surface area contributed by atoms with Crippen molar-refractivity contribution in [3.63, 3.8) is 0 Å². The van der Waals surface area contributed by atoms with Crippen LogP contribution < -0.4 is 5.32 Å². The Balaban J connectivity index is 1.40. The van der Waals surface area contributed by atoms with Gasteiger partial charge in [0.1, 0.15) is 5.82 Å². The number of amides is 1. The molecule has 2 aromatic carbocycles. The van der Waals surface area contributed by atoms with Crippen molar-refractivity contribution in [2.24, 2.45) is 0 Å². The van der Waals surface area contributed by atoms with E-state index >= 15 is 0 Å². The largest absolute Gasteiger partial charge is 0.355 e. The first-order valence-electron chi connectivity index (χ1n) is 10.6. The number of aromatic nitrogens is 3. The number of rotatable bonds is 9. The Morgan fingerprint density at radius 1 is 1.07 bits per heavy atom. The molecule has 0 radical (unpaired) electrons. The van der Waals surface area contributed by atoms with Gasteiger partial charge in [-0.05, 0) is 36.8 Å². The summed E-state index contributed by atoms with van der Waals surface area (Å²) in [5, 5.41) is 12.6. The molecule has 0 bridgehead atoms. The van der Waals surface area contributed by atoms with Crippen molar-refractivity contribution in [3.05, 3.63) is 77.6 Å². The standard InChI is InChI=1S/C24H28N4OS/c1-17(20-11-7-4-8-12-20)15-25-23(29)18(2)30-24-27-26-22(21-13-14-21)28(24)16-19-9-5-3-6-10-19/h3-12,17-18,21H,13-16H2,1-2H3,(H,25,29). The van der Waals surface area contributed by atoms with Gasteiger partial charge >= 0.3 is 0 Å². The normalized spacial score (nSPS) is 15.5. The van der Waals surface area contributed by atoms with Gasteiger partial charge in [0.15, 0.2) is 5.16 Å². The van der Waals surface area contributed by atoms with Crippen LogP contribution in [0.1, 0.15) is 55.5 Å². The number of hydrogen-bond acceptors (Lipinski definition) is 4. The number of thioether (sulfide) groups is 1. The molecule has 2 unspecified atom stereocenters. The third kappa shape index (κ3) is 5.11. The van der Waals surface area contributed by atoms with E-state index in [0.717, 1.165) is 17.5 Å². The van der Waals surface area contributed by atoms with Crippen molar-refractivity contribution in [2.75, 3.05) is 6.54 Å². The van der Waals surface area contributed by atoms with Crippen molar-refractivity contribution in [2.45, 2.75) is 55.5 Å². The second kappa shape index (κ2) is 9.47. The molecule has 6 heteroatoms. The predicted octanol–water partition coefficient (Wildman–Crippen LogP) is 4.60. The molecule has 1 amide bonds. The Morgan fingerprint density at radius 2 is 1.73 bits per heavy atom. The molecule has 2 atom stereocenters. The summed E-state index contributed by atoms with van der Waals surface area (Å²) < 4.78 is 2.19. The summed E-state index contributed by atoms with van der Waals surface area (Å²) >= 11 is 1.49. The summed E-state index contributed by atoms with van der Waals surface area (Å²) in [7, 11) is 0. The van der Waals surface area contributed by atoms with Gasteiger partial charge in [-0.25, -0.2) is 0 Å². The summed E-state index contributed by atoms with van der Waals surface area (Å²) in [4.78, 5) is 12.7. The third-order valence-corrected chi connectivity index (χ3v) is 6.55. The monoisotopic (exact) mass is 420 g/mol. The lowest BCUT2D eigenvalue weighted by Gasteiger charge is -2.16. The van der Waals surface area contributed by atoms with Crippen LogP contribution in [0.25, 0.3) is 0 Å². The Kier molecular flexibility index (Phi) is 6.53. The minimum atomic E-state index is -0.237. The lowest BCUT2D eigenvalue weighted by molar-refractivity contribution is -0.120. The van der Waals surface area contributed by atoms with E-state index in [0.29, 0.717) is 12.5 Å². The fraction of sp³-hybridized carbons (Fsp3) is 0.375. The molecule has 1 heterocycles. The molecule has 1 saturated carbocycles. The lowest BCUT2D eigenvalue weighted by Crippen LogP contribution is -2.33. The van der Waals surface area contributed by atoms with E-state index in [2.05, 4.69) is 51.3 Å². The van der Waals surface area contributed by atoms with Gasteiger partial charge in [-0.3, -0.25) is 4.79 Å². The van der Waals surface area contributed by atoms with Crippen molar-refractivity contribution in [3.8, 4) is 0 Å². The van der Waals surface area contributed by atoms with Crippen LogP contribution in [0.15, 0.2) is 65.8 Å². The van der Waals surface area contributed by atoms with Crippen LogP contribution in [-0.4, -0.2) is 32.5 Å². The molecule has 0 saturated heterocycles. The number of hydrogen-bond donors (Lipinski definition) is 1. The molecular weight excluding hydrogens is 392 g/mol. The molecule has 4 rings (SSSR count). The number of benzene rings is 2. The maximum atomic E-state index is 12.7. The van der Waals surface area contributed by atoms with E-state index in [1.54, 1.807) is 0 Å². The minimum absolute atomic E-state index is 0.0324. The summed E-state index contributed by atoms with van der Waals surface area (Å²) in [6.45, 7) is 5.43. The number of nitrogens with one attached hydrogen (secondary N) is 1. The topological polar surface area (TPSA) is 59.8 Å². The molecule has 0 spiro atoms.